The Labute approximate surface area is 152 Å². The molecule has 0 aliphatic carbocycles. The maximum atomic E-state index is 12.2. The fraction of sp³-hybridized carbons (Fsp3) is 0.118. The van der Waals surface area contributed by atoms with Crippen LogP contribution in [0.25, 0.3) is 11.0 Å². The first kappa shape index (κ1) is 17.3. The van der Waals surface area contributed by atoms with Gasteiger partial charge in [-0.25, -0.2) is 9.78 Å². The van der Waals surface area contributed by atoms with E-state index >= 15 is 0 Å². The van der Waals surface area contributed by atoms with Gasteiger partial charge in [0.15, 0.2) is 11.3 Å². The Kier molecular flexibility index (Phi) is 4.92. The van der Waals surface area contributed by atoms with Gasteiger partial charge in [-0.3, -0.25) is 4.79 Å². The van der Waals surface area contributed by atoms with Crippen molar-refractivity contribution in [3.8, 4) is 0 Å². The minimum Gasteiger partial charge on any atom is -0.449 e. The van der Waals surface area contributed by atoms with Crippen molar-refractivity contribution < 1.29 is 18.7 Å². The predicted molar refractivity (Wildman–Crippen MR) is 94.0 cm³/mol. The fourth-order valence-electron chi connectivity index (χ4n) is 2.10. The highest BCUT2D eigenvalue weighted by Gasteiger charge is 2.22. The van der Waals surface area contributed by atoms with Gasteiger partial charge in [-0.05, 0) is 43.3 Å². The molecular formula is C17H12Cl2N2O4. The number of nitrogens with zero attached hydrogens (tertiary/aromatic N) is 1. The summed E-state index contributed by atoms with van der Waals surface area (Å²) in [6.07, 6.45) is 0.440. The molecule has 0 unspecified atom stereocenters. The summed E-state index contributed by atoms with van der Waals surface area (Å²) in [7, 11) is 0. The normalized spacial score (nSPS) is 12.0. The number of aromatic nitrogens is 1. The molecular weight excluding hydrogens is 367 g/mol. The molecule has 3 aromatic rings. The lowest BCUT2D eigenvalue weighted by Gasteiger charge is -2.13. The highest BCUT2D eigenvalue weighted by atomic mass is 35.5. The van der Waals surface area contributed by atoms with Crippen LogP contribution in [0, 0.1) is 0 Å². The summed E-state index contributed by atoms with van der Waals surface area (Å²) < 4.78 is 10.5. The lowest BCUT2D eigenvalue weighted by Crippen LogP contribution is -2.30. The average molecular weight is 379 g/mol. The number of pyridine rings is 1. The number of esters is 1. The Morgan fingerprint density at radius 1 is 1.24 bits per heavy atom. The lowest BCUT2D eigenvalue weighted by atomic mass is 10.2. The van der Waals surface area contributed by atoms with Crippen LogP contribution in [0.2, 0.25) is 10.2 Å². The molecule has 2 heterocycles. The maximum Gasteiger partial charge on any atom is 0.375 e. The number of hydrogen-bond acceptors (Lipinski definition) is 5. The summed E-state index contributed by atoms with van der Waals surface area (Å²) >= 11 is 11.8. The Morgan fingerprint density at radius 2 is 2.04 bits per heavy atom. The Balaban J connectivity index is 1.68. The molecule has 1 N–H and O–H groups in total. The number of rotatable bonds is 4. The van der Waals surface area contributed by atoms with Crippen LogP contribution in [0.4, 0.5) is 5.69 Å². The first-order valence-corrected chi connectivity index (χ1v) is 8.01. The number of anilines is 1. The molecule has 6 nitrogen and oxygen atoms in total. The monoisotopic (exact) mass is 378 g/mol. The SMILES string of the molecule is C[C@H](OC(=O)c1cc2cc(Cl)ccc2o1)C(=O)Nc1cccnc1Cl. The van der Waals surface area contributed by atoms with E-state index in [1.54, 1.807) is 30.3 Å². The van der Waals surface area contributed by atoms with Crippen LogP contribution in [-0.2, 0) is 9.53 Å². The highest BCUT2D eigenvalue weighted by Crippen LogP contribution is 2.24. The van der Waals surface area contributed by atoms with Crippen molar-refractivity contribution in [1.29, 1.82) is 0 Å². The molecule has 25 heavy (non-hydrogen) atoms. The molecule has 2 aromatic heterocycles. The second-order valence-corrected chi connectivity index (χ2v) is 5.97. The first-order valence-electron chi connectivity index (χ1n) is 7.25. The molecule has 1 amide bonds. The molecule has 8 heteroatoms. The molecule has 0 aliphatic heterocycles. The van der Waals surface area contributed by atoms with Crippen molar-refractivity contribution in [2.24, 2.45) is 0 Å². The van der Waals surface area contributed by atoms with Gasteiger partial charge in [0.1, 0.15) is 5.58 Å². The summed E-state index contributed by atoms with van der Waals surface area (Å²) in [6.45, 7) is 1.44. The van der Waals surface area contributed by atoms with E-state index in [0.717, 1.165) is 0 Å². The van der Waals surface area contributed by atoms with Gasteiger partial charge in [0.2, 0.25) is 5.76 Å². The van der Waals surface area contributed by atoms with Crippen molar-refractivity contribution in [2.45, 2.75) is 13.0 Å². The van der Waals surface area contributed by atoms with E-state index < -0.39 is 18.0 Å². The number of furan rings is 1. The molecule has 0 aliphatic rings. The number of carbonyl (C=O) groups is 2. The van der Waals surface area contributed by atoms with Crippen molar-refractivity contribution in [3.63, 3.8) is 0 Å². The molecule has 3 rings (SSSR count). The topological polar surface area (TPSA) is 81.4 Å². The minimum atomic E-state index is -1.06. The average Bonchev–Trinajstić information content (AvgIpc) is 3.00. The van der Waals surface area contributed by atoms with E-state index in [2.05, 4.69) is 10.3 Å². The van der Waals surface area contributed by atoms with Gasteiger partial charge in [-0.15, -0.1) is 0 Å². The number of carbonyl (C=O) groups excluding carboxylic acids is 2. The van der Waals surface area contributed by atoms with E-state index in [0.29, 0.717) is 21.7 Å². The molecule has 1 atom stereocenters. The van der Waals surface area contributed by atoms with Crippen molar-refractivity contribution >= 4 is 51.7 Å². The number of benzene rings is 1. The molecule has 1 aromatic carbocycles. The maximum absolute atomic E-state index is 12.2. The van der Waals surface area contributed by atoms with E-state index in [9.17, 15) is 9.59 Å². The number of ether oxygens (including phenoxy) is 1. The van der Waals surface area contributed by atoms with Crippen molar-refractivity contribution in [3.05, 3.63) is 58.5 Å². The smallest absolute Gasteiger partial charge is 0.375 e. The van der Waals surface area contributed by atoms with Crippen LogP contribution >= 0.6 is 23.2 Å². The van der Waals surface area contributed by atoms with Crippen LogP contribution in [0.5, 0.6) is 0 Å². The highest BCUT2D eigenvalue weighted by molar-refractivity contribution is 6.32. The molecule has 0 saturated carbocycles. The Morgan fingerprint density at radius 3 is 2.80 bits per heavy atom. The minimum absolute atomic E-state index is 0.0173. The summed E-state index contributed by atoms with van der Waals surface area (Å²) in [6, 6.07) is 9.68. The summed E-state index contributed by atoms with van der Waals surface area (Å²) in [5.41, 5.74) is 0.825. The number of amides is 1. The second-order valence-electron chi connectivity index (χ2n) is 5.17. The zero-order valence-corrected chi connectivity index (χ0v) is 14.5. The van der Waals surface area contributed by atoms with E-state index in [1.165, 1.54) is 19.2 Å². The predicted octanol–water partition coefficient (Wildman–Crippen LogP) is 4.32. The Bertz CT molecular complexity index is 955. The summed E-state index contributed by atoms with van der Waals surface area (Å²) in [5, 5.41) is 3.87. The molecule has 128 valence electrons. The zero-order chi connectivity index (χ0) is 18.0. The molecule has 0 fully saturated rings. The Hall–Kier alpha value is -2.57. The van der Waals surface area contributed by atoms with Gasteiger partial charge in [0.25, 0.3) is 5.91 Å². The number of halogens is 2. The second kappa shape index (κ2) is 7.13. The summed E-state index contributed by atoms with van der Waals surface area (Å²) in [4.78, 5) is 28.1. The molecule has 0 spiro atoms. The van der Waals surface area contributed by atoms with E-state index in [4.69, 9.17) is 32.4 Å². The van der Waals surface area contributed by atoms with Crippen LogP contribution in [-0.4, -0.2) is 23.0 Å². The fourth-order valence-corrected chi connectivity index (χ4v) is 2.45. The van der Waals surface area contributed by atoms with E-state index in [1.807, 2.05) is 0 Å². The lowest BCUT2D eigenvalue weighted by molar-refractivity contribution is -0.123. The first-order chi connectivity index (χ1) is 11.9. The largest absolute Gasteiger partial charge is 0.449 e. The van der Waals surface area contributed by atoms with Crippen LogP contribution in [0.3, 0.4) is 0 Å². The van der Waals surface area contributed by atoms with Crippen LogP contribution < -0.4 is 5.32 Å². The molecule has 0 radical (unpaired) electrons. The number of hydrogen-bond donors (Lipinski definition) is 1. The quantitative estimate of drug-likeness (QED) is 0.539. The van der Waals surface area contributed by atoms with Gasteiger partial charge >= 0.3 is 5.97 Å². The van der Waals surface area contributed by atoms with E-state index in [-0.39, 0.29) is 10.9 Å². The van der Waals surface area contributed by atoms with Gasteiger partial charge < -0.3 is 14.5 Å². The van der Waals surface area contributed by atoms with Crippen LogP contribution in [0.1, 0.15) is 17.5 Å². The van der Waals surface area contributed by atoms with Gasteiger partial charge in [-0.1, -0.05) is 23.2 Å². The summed E-state index contributed by atoms with van der Waals surface area (Å²) in [5.74, 6) is -1.31. The number of nitrogens with one attached hydrogen (secondary N) is 1. The third-order valence-electron chi connectivity index (χ3n) is 3.35. The third-order valence-corrected chi connectivity index (χ3v) is 3.89. The van der Waals surface area contributed by atoms with Gasteiger partial charge in [-0.2, -0.15) is 0 Å². The van der Waals surface area contributed by atoms with Gasteiger partial charge in [0.05, 0.1) is 5.69 Å². The van der Waals surface area contributed by atoms with Crippen molar-refractivity contribution in [2.75, 3.05) is 5.32 Å². The molecule has 0 bridgehead atoms. The van der Waals surface area contributed by atoms with Crippen LogP contribution in [0.15, 0.2) is 47.0 Å². The van der Waals surface area contributed by atoms with Crippen molar-refractivity contribution in [1.82, 2.24) is 4.98 Å². The zero-order valence-electron chi connectivity index (χ0n) is 13.0. The molecule has 0 saturated heterocycles. The third kappa shape index (κ3) is 3.92. The van der Waals surface area contributed by atoms with Gasteiger partial charge in [0, 0.05) is 16.6 Å². The standard InChI is InChI=1S/C17H12Cl2N2O4/c1-9(16(22)21-12-3-2-6-20-15(12)19)24-17(23)14-8-10-7-11(18)4-5-13(10)25-14/h2-9H,1H3,(H,21,22)/t9-/m0/s1. The number of fused-ring (bicyclic) bond motifs is 1.